The Morgan fingerprint density at radius 1 is 0.714 bits per heavy atom. The Morgan fingerprint density at radius 2 is 1.36 bits per heavy atom. The first-order valence-corrected chi connectivity index (χ1v) is 10.6. The Morgan fingerprint density at radius 3 is 2.11 bits per heavy atom. The average Bonchev–Trinajstić information content (AvgIpc) is 2.73. The summed E-state index contributed by atoms with van der Waals surface area (Å²) in [5.41, 5.74) is 2.89. The van der Waals surface area contributed by atoms with Crippen molar-refractivity contribution in [2.24, 2.45) is 0 Å². The first-order chi connectivity index (χ1) is 13.5. The van der Waals surface area contributed by atoms with Crippen LogP contribution in [0.1, 0.15) is 22.7 Å². The molecule has 0 saturated heterocycles. The van der Waals surface area contributed by atoms with E-state index in [1.807, 2.05) is 91.9 Å². The summed E-state index contributed by atoms with van der Waals surface area (Å²) in [4.78, 5) is 0.265. The van der Waals surface area contributed by atoms with Gasteiger partial charge in [-0.15, -0.1) is 0 Å². The molecule has 4 aromatic carbocycles. The molecule has 4 aromatic rings. The van der Waals surface area contributed by atoms with Crippen molar-refractivity contribution >= 4 is 20.8 Å². The Bertz CT molecular complexity index is 1220. The van der Waals surface area contributed by atoms with Crippen molar-refractivity contribution in [2.45, 2.75) is 17.9 Å². The number of fused-ring (bicyclic) bond motifs is 1. The monoisotopic (exact) mass is 387 g/mol. The van der Waals surface area contributed by atoms with Crippen molar-refractivity contribution in [2.75, 3.05) is 0 Å². The molecule has 0 fully saturated rings. The highest BCUT2D eigenvalue weighted by Crippen LogP contribution is 2.28. The third-order valence-electron chi connectivity index (χ3n) is 4.94. The maximum absolute atomic E-state index is 13.2. The van der Waals surface area contributed by atoms with Gasteiger partial charge in [0.25, 0.3) is 0 Å². The lowest BCUT2D eigenvalue weighted by Gasteiger charge is -2.22. The largest absolute Gasteiger partial charge is 0.241 e. The standard InChI is InChI=1S/C24H21NO2S/c1-18-9-5-8-14-23(18)24(20-11-3-2-4-12-20)25-28(26,27)22-16-15-19-10-6-7-13-21(19)17-22/h2-17,24-25H,1H3. The second-order valence-corrected chi connectivity index (χ2v) is 8.54. The van der Waals surface area contributed by atoms with Gasteiger partial charge < -0.3 is 0 Å². The number of sulfonamides is 1. The molecule has 0 radical (unpaired) electrons. The van der Waals surface area contributed by atoms with Crippen LogP contribution < -0.4 is 4.72 Å². The lowest BCUT2D eigenvalue weighted by Crippen LogP contribution is -2.30. The first-order valence-electron chi connectivity index (χ1n) is 9.16. The maximum atomic E-state index is 13.2. The molecule has 140 valence electrons. The van der Waals surface area contributed by atoms with E-state index in [2.05, 4.69) is 4.72 Å². The summed E-state index contributed by atoms with van der Waals surface area (Å²) in [6.07, 6.45) is 0. The summed E-state index contributed by atoms with van der Waals surface area (Å²) in [6.45, 7) is 2.00. The minimum atomic E-state index is -3.71. The maximum Gasteiger partial charge on any atom is 0.241 e. The van der Waals surface area contributed by atoms with Gasteiger partial charge in [-0.25, -0.2) is 8.42 Å². The van der Waals surface area contributed by atoms with E-state index in [0.29, 0.717) is 0 Å². The van der Waals surface area contributed by atoms with E-state index in [9.17, 15) is 8.42 Å². The molecular formula is C24H21NO2S. The summed E-state index contributed by atoms with van der Waals surface area (Å²) >= 11 is 0. The quantitative estimate of drug-likeness (QED) is 0.510. The Hall–Kier alpha value is -2.95. The Kier molecular flexibility index (Phi) is 4.99. The van der Waals surface area contributed by atoms with E-state index in [1.54, 1.807) is 12.1 Å². The number of hydrogen-bond donors (Lipinski definition) is 1. The van der Waals surface area contributed by atoms with Crippen LogP contribution in [0.25, 0.3) is 10.8 Å². The van der Waals surface area contributed by atoms with Crippen molar-refractivity contribution in [3.8, 4) is 0 Å². The zero-order valence-corrected chi connectivity index (χ0v) is 16.4. The van der Waals surface area contributed by atoms with Gasteiger partial charge in [-0.2, -0.15) is 4.72 Å². The van der Waals surface area contributed by atoms with Crippen molar-refractivity contribution in [3.05, 3.63) is 114 Å². The van der Waals surface area contributed by atoms with Gasteiger partial charge in [-0.1, -0.05) is 84.9 Å². The molecule has 0 amide bonds. The van der Waals surface area contributed by atoms with E-state index in [1.165, 1.54) is 0 Å². The van der Waals surface area contributed by atoms with Gasteiger partial charge in [0.15, 0.2) is 0 Å². The fourth-order valence-corrected chi connectivity index (χ4v) is 4.66. The second-order valence-electron chi connectivity index (χ2n) is 6.83. The molecule has 0 aliphatic heterocycles. The van der Waals surface area contributed by atoms with Crippen LogP contribution in [-0.4, -0.2) is 8.42 Å². The fraction of sp³-hybridized carbons (Fsp3) is 0.0833. The third-order valence-corrected chi connectivity index (χ3v) is 6.36. The summed E-state index contributed by atoms with van der Waals surface area (Å²) in [7, 11) is -3.71. The van der Waals surface area contributed by atoms with E-state index in [4.69, 9.17) is 0 Å². The van der Waals surface area contributed by atoms with Crippen LogP contribution in [0.5, 0.6) is 0 Å². The van der Waals surface area contributed by atoms with Crippen LogP contribution in [0.15, 0.2) is 102 Å². The van der Waals surface area contributed by atoms with Crippen molar-refractivity contribution < 1.29 is 8.42 Å². The molecule has 1 N–H and O–H groups in total. The molecule has 1 unspecified atom stereocenters. The lowest BCUT2D eigenvalue weighted by molar-refractivity contribution is 0.572. The average molecular weight is 388 g/mol. The van der Waals surface area contributed by atoms with E-state index >= 15 is 0 Å². The van der Waals surface area contributed by atoms with Gasteiger partial charge in [0.1, 0.15) is 0 Å². The van der Waals surface area contributed by atoms with Gasteiger partial charge in [0.2, 0.25) is 10.0 Å². The van der Waals surface area contributed by atoms with Crippen LogP contribution in [0, 0.1) is 6.92 Å². The fourth-order valence-electron chi connectivity index (χ4n) is 3.43. The number of nitrogens with one attached hydrogen (secondary N) is 1. The molecule has 0 saturated carbocycles. The van der Waals surface area contributed by atoms with Crippen LogP contribution >= 0.6 is 0 Å². The number of rotatable bonds is 5. The molecule has 0 aliphatic carbocycles. The smallest absolute Gasteiger partial charge is 0.207 e. The number of aryl methyl sites for hydroxylation is 1. The zero-order chi connectivity index (χ0) is 19.6. The normalized spacial score (nSPS) is 12.8. The lowest BCUT2D eigenvalue weighted by atomic mass is 9.96. The predicted octanol–water partition coefficient (Wildman–Crippen LogP) is 5.22. The van der Waals surface area contributed by atoms with Crippen LogP contribution in [-0.2, 0) is 10.0 Å². The molecule has 0 spiro atoms. The SMILES string of the molecule is Cc1ccccc1C(NS(=O)(=O)c1ccc2ccccc2c1)c1ccccc1. The van der Waals surface area contributed by atoms with Gasteiger partial charge >= 0.3 is 0 Å². The molecule has 0 aliphatic rings. The van der Waals surface area contributed by atoms with Crippen LogP contribution in [0.4, 0.5) is 0 Å². The van der Waals surface area contributed by atoms with E-state index in [0.717, 1.165) is 27.5 Å². The van der Waals surface area contributed by atoms with Gasteiger partial charge in [-0.3, -0.25) is 0 Å². The molecule has 1 atom stereocenters. The molecule has 28 heavy (non-hydrogen) atoms. The van der Waals surface area contributed by atoms with Crippen molar-refractivity contribution in [1.29, 1.82) is 0 Å². The molecule has 0 aromatic heterocycles. The van der Waals surface area contributed by atoms with E-state index < -0.39 is 16.1 Å². The highest BCUT2D eigenvalue weighted by atomic mass is 32.2. The van der Waals surface area contributed by atoms with Gasteiger partial charge in [0.05, 0.1) is 10.9 Å². The van der Waals surface area contributed by atoms with Crippen molar-refractivity contribution in [1.82, 2.24) is 4.72 Å². The topological polar surface area (TPSA) is 46.2 Å². The molecule has 4 rings (SSSR count). The molecular weight excluding hydrogens is 366 g/mol. The highest BCUT2D eigenvalue weighted by Gasteiger charge is 2.24. The summed E-state index contributed by atoms with van der Waals surface area (Å²) in [5.74, 6) is 0. The predicted molar refractivity (Wildman–Crippen MR) is 114 cm³/mol. The summed E-state index contributed by atoms with van der Waals surface area (Å²) in [5, 5.41) is 1.91. The summed E-state index contributed by atoms with van der Waals surface area (Å²) in [6, 6.07) is 30.0. The molecule has 4 heteroatoms. The zero-order valence-electron chi connectivity index (χ0n) is 15.5. The minimum absolute atomic E-state index is 0.265. The molecule has 0 bridgehead atoms. The minimum Gasteiger partial charge on any atom is -0.207 e. The third kappa shape index (κ3) is 3.70. The van der Waals surface area contributed by atoms with Gasteiger partial charge in [-0.05, 0) is 46.5 Å². The number of benzene rings is 4. The second kappa shape index (κ2) is 7.58. The number of hydrogen-bond acceptors (Lipinski definition) is 2. The highest BCUT2D eigenvalue weighted by molar-refractivity contribution is 7.89. The van der Waals surface area contributed by atoms with Gasteiger partial charge in [0, 0.05) is 0 Å². The van der Waals surface area contributed by atoms with Crippen LogP contribution in [0.2, 0.25) is 0 Å². The van der Waals surface area contributed by atoms with E-state index in [-0.39, 0.29) is 4.90 Å². The molecule has 3 nitrogen and oxygen atoms in total. The molecule has 0 heterocycles. The van der Waals surface area contributed by atoms with Crippen LogP contribution in [0.3, 0.4) is 0 Å². The Labute approximate surface area is 165 Å². The van der Waals surface area contributed by atoms with Crippen molar-refractivity contribution in [3.63, 3.8) is 0 Å². The first kappa shape index (κ1) is 18.4. The summed E-state index contributed by atoms with van der Waals surface area (Å²) < 4.78 is 29.4. The Balaban J connectivity index is 1.78.